The first kappa shape index (κ1) is 14.9. The molecular formula is C15H11F3N2O. The van der Waals surface area contributed by atoms with E-state index >= 15 is 0 Å². The standard InChI is InChI=1S/C15H11F3N2O/c16-15(17,18)13-6-7-14(21)20(10-13)9-12(8-19)11-4-2-1-3-5-11/h1-7,10,12H,9H2. The number of nitrogens with zero attached hydrogens (tertiary/aromatic N) is 2. The molecule has 3 nitrogen and oxygen atoms in total. The van der Waals surface area contributed by atoms with Gasteiger partial charge in [-0.3, -0.25) is 4.79 Å². The van der Waals surface area contributed by atoms with Crippen molar-refractivity contribution in [2.45, 2.75) is 18.6 Å². The first-order chi connectivity index (χ1) is 9.91. The number of alkyl halides is 3. The molecule has 0 spiro atoms. The molecule has 108 valence electrons. The summed E-state index contributed by atoms with van der Waals surface area (Å²) in [5.74, 6) is -0.688. The number of halogens is 3. The van der Waals surface area contributed by atoms with Gasteiger partial charge >= 0.3 is 6.18 Å². The fourth-order valence-corrected chi connectivity index (χ4v) is 1.94. The van der Waals surface area contributed by atoms with Crippen molar-refractivity contribution in [2.75, 3.05) is 0 Å². The molecule has 1 heterocycles. The molecule has 1 unspecified atom stereocenters. The molecule has 21 heavy (non-hydrogen) atoms. The second-order valence-electron chi connectivity index (χ2n) is 4.50. The van der Waals surface area contributed by atoms with Crippen LogP contribution in [0.5, 0.6) is 0 Å². The van der Waals surface area contributed by atoms with E-state index in [1.54, 1.807) is 30.3 Å². The highest BCUT2D eigenvalue weighted by molar-refractivity contribution is 5.25. The summed E-state index contributed by atoms with van der Waals surface area (Å²) in [4.78, 5) is 11.7. The lowest BCUT2D eigenvalue weighted by molar-refractivity contribution is -0.138. The van der Waals surface area contributed by atoms with Gasteiger partial charge in [-0.25, -0.2) is 0 Å². The molecule has 0 saturated carbocycles. The Kier molecular flexibility index (Phi) is 4.13. The fourth-order valence-electron chi connectivity index (χ4n) is 1.94. The summed E-state index contributed by atoms with van der Waals surface area (Å²) in [6.45, 7) is -0.122. The van der Waals surface area contributed by atoms with E-state index in [0.717, 1.165) is 22.9 Å². The van der Waals surface area contributed by atoms with E-state index in [4.69, 9.17) is 0 Å². The van der Waals surface area contributed by atoms with Crippen molar-refractivity contribution in [2.24, 2.45) is 0 Å². The molecule has 0 saturated heterocycles. The number of nitriles is 1. The molecule has 6 heteroatoms. The summed E-state index contributed by atoms with van der Waals surface area (Å²) < 4.78 is 38.9. The summed E-state index contributed by atoms with van der Waals surface area (Å²) in [5, 5.41) is 9.17. The van der Waals surface area contributed by atoms with Crippen LogP contribution in [0.3, 0.4) is 0 Å². The van der Waals surface area contributed by atoms with Gasteiger partial charge in [0.25, 0.3) is 5.56 Å². The minimum Gasteiger partial charge on any atom is -0.313 e. The minimum absolute atomic E-state index is 0.122. The Bertz CT molecular complexity index is 714. The van der Waals surface area contributed by atoms with Gasteiger partial charge in [0.1, 0.15) is 0 Å². The molecule has 1 aromatic carbocycles. The summed E-state index contributed by atoms with van der Waals surface area (Å²) in [7, 11) is 0. The van der Waals surface area contributed by atoms with E-state index in [0.29, 0.717) is 5.56 Å². The third-order valence-electron chi connectivity index (χ3n) is 3.05. The first-order valence-electron chi connectivity index (χ1n) is 6.14. The molecule has 1 aromatic heterocycles. The van der Waals surface area contributed by atoms with Gasteiger partial charge in [0.05, 0.1) is 17.6 Å². The zero-order valence-electron chi connectivity index (χ0n) is 10.8. The van der Waals surface area contributed by atoms with Crippen molar-refractivity contribution < 1.29 is 13.2 Å². The second kappa shape index (κ2) is 5.83. The highest BCUT2D eigenvalue weighted by Gasteiger charge is 2.31. The average Bonchev–Trinajstić information content (AvgIpc) is 2.46. The van der Waals surface area contributed by atoms with E-state index in [2.05, 4.69) is 0 Å². The molecule has 2 aromatic rings. The monoisotopic (exact) mass is 292 g/mol. The third kappa shape index (κ3) is 3.51. The van der Waals surface area contributed by atoms with Gasteiger partial charge in [0, 0.05) is 18.8 Å². The van der Waals surface area contributed by atoms with Gasteiger partial charge in [0.2, 0.25) is 0 Å². The van der Waals surface area contributed by atoms with Crippen molar-refractivity contribution in [3.05, 3.63) is 70.1 Å². The van der Waals surface area contributed by atoms with Gasteiger partial charge in [0.15, 0.2) is 0 Å². The minimum atomic E-state index is -4.52. The van der Waals surface area contributed by atoms with Crippen LogP contribution in [0, 0.1) is 11.3 Å². The van der Waals surface area contributed by atoms with Crippen molar-refractivity contribution >= 4 is 0 Å². The predicted octanol–water partition coefficient (Wildman–Crippen LogP) is 3.17. The van der Waals surface area contributed by atoms with Crippen LogP contribution in [0.25, 0.3) is 0 Å². The smallest absolute Gasteiger partial charge is 0.313 e. The van der Waals surface area contributed by atoms with Gasteiger partial charge in [-0.05, 0) is 11.6 Å². The van der Waals surface area contributed by atoms with Crippen LogP contribution in [0.2, 0.25) is 0 Å². The second-order valence-corrected chi connectivity index (χ2v) is 4.50. The van der Waals surface area contributed by atoms with E-state index in [1.807, 2.05) is 6.07 Å². The number of hydrogen-bond acceptors (Lipinski definition) is 2. The van der Waals surface area contributed by atoms with E-state index < -0.39 is 23.2 Å². The van der Waals surface area contributed by atoms with Crippen molar-refractivity contribution in [3.8, 4) is 6.07 Å². The van der Waals surface area contributed by atoms with Crippen LogP contribution in [-0.2, 0) is 12.7 Å². The quantitative estimate of drug-likeness (QED) is 0.872. The van der Waals surface area contributed by atoms with Crippen LogP contribution in [-0.4, -0.2) is 4.57 Å². The van der Waals surface area contributed by atoms with Crippen molar-refractivity contribution in [1.29, 1.82) is 5.26 Å². The van der Waals surface area contributed by atoms with Crippen LogP contribution < -0.4 is 5.56 Å². The maximum atomic E-state index is 12.7. The molecule has 0 amide bonds. The summed E-state index contributed by atoms with van der Waals surface area (Å²) >= 11 is 0. The van der Waals surface area contributed by atoms with Gasteiger partial charge in [-0.15, -0.1) is 0 Å². The lowest BCUT2D eigenvalue weighted by atomic mass is 10.0. The molecule has 0 fully saturated rings. The fraction of sp³-hybridized carbons (Fsp3) is 0.200. The zero-order valence-corrected chi connectivity index (χ0v) is 10.8. The SMILES string of the molecule is N#CC(Cn1cc(C(F)(F)F)ccc1=O)c1ccccc1. The molecule has 2 rings (SSSR count). The average molecular weight is 292 g/mol. The summed E-state index contributed by atoms with van der Waals surface area (Å²) in [6.07, 6.45) is -3.78. The van der Waals surface area contributed by atoms with E-state index in [-0.39, 0.29) is 6.54 Å². The maximum Gasteiger partial charge on any atom is 0.417 e. The largest absolute Gasteiger partial charge is 0.417 e. The molecule has 1 atom stereocenters. The number of hydrogen-bond donors (Lipinski definition) is 0. The number of aromatic nitrogens is 1. The zero-order chi connectivity index (χ0) is 15.5. The predicted molar refractivity (Wildman–Crippen MR) is 70.5 cm³/mol. The normalized spacial score (nSPS) is 12.7. The molecule has 0 aliphatic rings. The topological polar surface area (TPSA) is 45.8 Å². The Morgan fingerprint density at radius 2 is 1.81 bits per heavy atom. The molecular weight excluding hydrogens is 281 g/mol. The first-order valence-corrected chi connectivity index (χ1v) is 6.14. The lowest BCUT2D eigenvalue weighted by Crippen LogP contribution is -2.24. The highest BCUT2D eigenvalue weighted by atomic mass is 19.4. The van der Waals surface area contributed by atoms with Crippen LogP contribution in [0.4, 0.5) is 13.2 Å². The van der Waals surface area contributed by atoms with Gasteiger partial charge in [-0.1, -0.05) is 30.3 Å². The maximum absolute atomic E-state index is 12.7. The Labute approximate surface area is 118 Å². The van der Waals surface area contributed by atoms with E-state index in [1.165, 1.54) is 0 Å². The highest BCUT2D eigenvalue weighted by Crippen LogP contribution is 2.28. The Hall–Kier alpha value is -2.55. The number of pyridine rings is 1. The number of benzene rings is 1. The van der Waals surface area contributed by atoms with Crippen molar-refractivity contribution in [1.82, 2.24) is 4.57 Å². The summed E-state index contributed by atoms with van der Waals surface area (Å²) in [5.41, 5.74) is -0.824. The Morgan fingerprint density at radius 3 is 2.38 bits per heavy atom. The number of rotatable bonds is 3. The Balaban J connectivity index is 2.35. The van der Waals surface area contributed by atoms with Crippen LogP contribution in [0.1, 0.15) is 17.0 Å². The third-order valence-corrected chi connectivity index (χ3v) is 3.05. The molecule has 0 aliphatic heterocycles. The van der Waals surface area contributed by atoms with Crippen molar-refractivity contribution in [3.63, 3.8) is 0 Å². The van der Waals surface area contributed by atoms with Crippen LogP contribution >= 0.6 is 0 Å². The molecule has 0 N–H and O–H groups in total. The molecule has 0 radical (unpaired) electrons. The summed E-state index contributed by atoms with van der Waals surface area (Å²) in [6, 6.07) is 12.2. The van der Waals surface area contributed by atoms with E-state index in [9.17, 15) is 23.2 Å². The Morgan fingerprint density at radius 1 is 1.14 bits per heavy atom. The van der Waals surface area contributed by atoms with Gasteiger partial charge < -0.3 is 4.57 Å². The molecule has 0 bridgehead atoms. The van der Waals surface area contributed by atoms with Crippen LogP contribution in [0.15, 0.2) is 53.5 Å². The van der Waals surface area contributed by atoms with Gasteiger partial charge in [-0.2, -0.15) is 18.4 Å². The lowest BCUT2D eigenvalue weighted by Gasteiger charge is -2.14. The molecule has 0 aliphatic carbocycles.